The van der Waals surface area contributed by atoms with Gasteiger partial charge in [0.25, 0.3) is 11.8 Å². The molecule has 28 heavy (non-hydrogen) atoms. The van der Waals surface area contributed by atoms with Crippen LogP contribution in [-0.4, -0.2) is 81.3 Å². The molecule has 2 saturated heterocycles. The molecule has 1 aromatic carbocycles. The molecule has 3 N–H and O–H groups in total. The first-order chi connectivity index (χ1) is 13.4. The number of benzene rings is 1. The lowest BCUT2D eigenvalue weighted by Crippen LogP contribution is -3.28. The lowest BCUT2D eigenvalue weighted by Gasteiger charge is -2.36. The van der Waals surface area contributed by atoms with Gasteiger partial charge in [-0.3, -0.25) is 9.59 Å². The van der Waals surface area contributed by atoms with Crippen molar-refractivity contribution < 1.29 is 28.5 Å². The van der Waals surface area contributed by atoms with Crippen LogP contribution in [0.15, 0.2) is 24.3 Å². The second-order valence-corrected chi connectivity index (χ2v) is 7.96. The van der Waals surface area contributed by atoms with Gasteiger partial charge in [-0.2, -0.15) is 0 Å². The Morgan fingerprint density at radius 2 is 1.57 bits per heavy atom. The maximum absolute atomic E-state index is 12.9. The molecule has 0 radical (unpaired) electrons. The molecular weight excluding hydrogens is 363 g/mol. The Morgan fingerprint density at radius 1 is 1.04 bits per heavy atom. The summed E-state index contributed by atoms with van der Waals surface area (Å²) in [5, 5.41) is 2.81. The average molecular weight is 394 g/mol. The summed E-state index contributed by atoms with van der Waals surface area (Å²) in [5.41, 5.74) is 0.606. The first-order valence-corrected chi connectivity index (χ1v) is 10.0. The smallest absolute Gasteiger partial charge is 0.279 e. The highest BCUT2D eigenvalue weighted by Gasteiger charge is 2.31. The molecule has 0 aromatic heterocycles. The third-order valence-electron chi connectivity index (χ3n) is 5.38. The first-order valence-electron chi connectivity index (χ1n) is 10.0. The van der Waals surface area contributed by atoms with E-state index in [2.05, 4.69) is 5.32 Å². The molecule has 3 rings (SSSR count). The summed E-state index contributed by atoms with van der Waals surface area (Å²) >= 11 is 0. The van der Waals surface area contributed by atoms with Gasteiger partial charge in [0.15, 0.2) is 13.1 Å². The van der Waals surface area contributed by atoms with Gasteiger partial charge >= 0.3 is 0 Å². The minimum absolute atomic E-state index is 0.0718. The summed E-state index contributed by atoms with van der Waals surface area (Å²) in [7, 11) is 0. The molecule has 0 saturated carbocycles. The fourth-order valence-corrected chi connectivity index (χ4v) is 3.98. The summed E-state index contributed by atoms with van der Waals surface area (Å²) in [6.45, 7) is 9.69. The molecule has 0 bridgehead atoms. The number of ether oxygens (including phenoxy) is 1. The van der Waals surface area contributed by atoms with Crippen molar-refractivity contribution in [3.63, 3.8) is 0 Å². The van der Waals surface area contributed by atoms with Crippen LogP contribution in [-0.2, 0) is 14.3 Å². The zero-order valence-electron chi connectivity index (χ0n) is 16.7. The normalized spacial score (nSPS) is 28.0. The number of amides is 2. The van der Waals surface area contributed by atoms with Gasteiger partial charge in [-0.15, -0.1) is 0 Å². The number of hydrogen-bond acceptors (Lipinski definition) is 3. The predicted octanol–water partition coefficient (Wildman–Crippen LogP) is -1.82. The number of nitrogens with zero attached hydrogens (tertiary/aromatic N) is 1. The Bertz CT molecular complexity index is 667. The summed E-state index contributed by atoms with van der Waals surface area (Å²) in [6, 6.07) is 5.78. The monoisotopic (exact) mass is 394 g/mol. The highest BCUT2D eigenvalue weighted by atomic mass is 19.1. The number of anilines is 1. The van der Waals surface area contributed by atoms with Crippen LogP contribution in [0.2, 0.25) is 0 Å². The first kappa shape index (κ1) is 20.7. The molecule has 2 aliphatic heterocycles. The van der Waals surface area contributed by atoms with Gasteiger partial charge in [0.2, 0.25) is 0 Å². The Morgan fingerprint density at radius 3 is 2.14 bits per heavy atom. The van der Waals surface area contributed by atoms with E-state index in [9.17, 15) is 14.0 Å². The van der Waals surface area contributed by atoms with Crippen LogP contribution in [0.4, 0.5) is 10.1 Å². The van der Waals surface area contributed by atoms with E-state index in [1.807, 2.05) is 18.7 Å². The number of morpholine rings is 1. The quantitative estimate of drug-likeness (QED) is 0.551. The molecular formula is C20H31FN4O3+2. The highest BCUT2D eigenvalue weighted by molar-refractivity contribution is 5.91. The number of carbonyl (C=O) groups is 2. The molecule has 1 aromatic rings. The number of rotatable bonds is 5. The zero-order chi connectivity index (χ0) is 20.1. The van der Waals surface area contributed by atoms with Gasteiger partial charge in [0.05, 0.1) is 12.2 Å². The molecule has 2 aliphatic rings. The average Bonchev–Trinajstić information content (AvgIpc) is 2.64. The molecule has 2 atom stereocenters. The maximum atomic E-state index is 12.9. The summed E-state index contributed by atoms with van der Waals surface area (Å²) in [6.07, 6.45) is 0.173. The second kappa shape index (κ2) is 9.45. The van der Waals surface area contributed by atoms with E-state index in [-0.39, 0.29) is 29.8 Å². The molecule has 0 spiro atoms. The molecule has 2 fully saturated rings. The van der Waals surface area contributed by atoms with Crippen molar-refractivity contribution in [1.82, 2.24) is 4.90 Å². The second-order valence-electron chi connectivity index (χ2n) is 7.96. The van der Waals surface area contributed by atoms with Crippen molar-refractivity contribution >= 4 is 17.5 Å². The van der Waals surface area contributed by atoms with Gasteiger partial charge < -0.3 is 24.8 Å². The van der Waals surface area contributed by atoms with Gasteiger partial charge in [-0.1, -0.05) is 0 Å². The Kier molecular flexibility index (Phi) is 6.98. The summed E-state index contributed by atoms with van der Waals surface area (Å²) in [5.74, 6) is -0.204. The van der Waals surface area contributed by atoms with Crippen LogP contribution in [0.1, 0.15) is 13.8 Å². The number of hydrogen-bond donors (Lipinski definition) is 3. The number of nitrogens with one attached hydrogen (secondary N) is 3. The molecule has 7 nitrogen and oxygen atoms in total. The van der Waals surface area contributed by atoms with Gasteiger partial charge in [-0.25, -0.2) is 4.39 Å². The predicted molar refractivity (Wildman–Crippen MR) is 103 cm³/mol. The van der Waals surface area contributed by atoms with Crippen LogP contribution < -0.4 is 15.1 Å². The third kappa shape index (κ3) is 5.98. The van der Waals surface area contributed by atoms with E-state index >= 15 is 0 Å². The zero-order valence-corrected chi connectivity index (χ0v) is 16.7. The van der Waals surface area contributed by atoms with E-state index in [1.165, 1.54) is 21.9 Å². The molecule has 2 heterocycles. The summed E-state index contributed by atoms with van der Waals surface area (Å²) < 4.78 is 18.6. The van der Waals surface area contributed by atoms with Crippen molar-refractivity contribution in [3.05, 3.63) is 30.1 Å². The Hall–Kier alpha value is -2.03. The van der Waals surface area contributed by atoms with Gasteiger partial charge in [-0.05, 0) is 38.1 Å². The largest absolute Gasteiger partial charge is 0.372 e. The van der Waals surface area contributed by atoms with Crippen LogP contribution in [0, 0.1) is 5.82 Å². The van der Waals surface area contributed by atoms with Crippen LogP contribution in [0.3, 0.4) is 0 Å². The Labute approximate surface area is 165 Å². The minimum atomic E-state index is -0.321. The van der Waals surface area contributed by atoms with Crippen molar-refractivity contribution in [1.29, 1.82) is 0 Å². The minimum Gasteiger partial charge on any atom is -0.372 e. The van der Waals surface area contributed by atoms with Crippen molar-refractivity contribution in [2.24, 2.45) is 0 Å². The summed E-state index contributed by atoms with van der Waals surface area (Å²) in [4.78, 5) is 29.2. The van der Waals surface area contributed by atoms with Crippen LogP contribution in [0.25, 0.3) is 0 Å². The molecule has 0 aliphatic carbocycles. The number of carbonyl (C=O) groups excluding carboxylic acids is 2. The fraction of sp³-hybridized carbons (Fsp3) is 0.600. The van der Waals surface area contributed by atoms with Gasteiger partial charge in [0.1, 0.15) is 32.0 Å². The third-order valence-corrected chi connectivity index (χ3v) is 5.38. The maximum Gasteiger partial charge on any atom is 0.279 e. The van der Waals surface area contributed by atoms with E-state index in [1.54, 1.807) is 12.1 Å². The van der Waals surface area contributed by atoms with Crippen LogP contribution >= 0.6 is 0 Å². The SMILES string of the molecule is C[C@@H]1CN(C(=O)C[NH+]2CC[NH+](CC(=O)Nc3ccc(F)cc3)CC2)C[C@@H](C)O1. The van der Waals surface area contributed by atoms with Crippen LogP contribution in [0.5, 0.6) is 0 Å². The number of halogens is 1. The van der Waals surface area contributed by atoms with E-state index in [0.717, 1.165) is 26.2 Å². The van der Waals surface area contributed by atoms with Crippen molar-refractivity contribution in [3.8, 4) is 0 Å². The number of quaternary nitrogens is 2. The molecule has 8 heteroatoms. The molecule has 2 amide bonds. The van der Waals surface area contributed by atoms with Gasteiger partial charge in [0, 0.05) is 18.8 Å². The van der Waals surface area contributed by atoms with E-state index in [4.69, 9.17) is 4.74 Å². The van der Waals surface area contributed by atoms with E-state index < -0.39 is 0 Å². The molecule has 154 valence electrons. The van der Waals surface area contributed by atoms with Crippen molar-refractivity contribution in [2.45, 2.75) is 26.1 Å². The molecule has 0 unspecified atom stereocenters. The fourth-order valence-electron chi connectivity index (χ4n) is 3.98. The number of piperazine rings is 1. The lowest BCUT2D eigenvalue weighted by molar-refractivity contribution is -1.00. The van der Waals surface area contributed by atoms with Crippen molar-refractivity contribution in [2.75, 3.05) is 57.7 Å². The van der Waals surface area contributed by atoms with E-state index in [0.29, 0.717) is 31.9 Å². The highest BCUT2D eigenvalue weighted by Crippen LogP contribution is 2.10. The Balaban J connectivity index is 1.38. The lowest BCUT2D eigenvalue weighted by atomic mass is 10.2. The standard InChI is InChI=1S/C20H29FN4O3/c1-15-11-25(12-16(2)28-15)20(27)14-24-9-7-23(8-10-24)13-19(26)22-18-5-3-17(21)4-6-18/h3-6,15-16H,7-14H2,1-2H3,(H,22,26)/p+2/t15-,16-/m1/s1. The topological polar surface area (TPSA) is 67.5 Å².